The quantitative estimate of drug-likeness (QED) is 0.809. The first kappa shape index (κ1) is 15.7. The van der Waals surface area contributed by atoms with Crippen molar-refractivity contribution in [2.24, 2.45) is 0 Å². The van der Waals surface area contributed by atoms with Gasteiger partial charge in [-0.1, -0.05) is 37.3 Å². The molecule has 0 heterocycles. The molecule has 0 radical (unpaired) electrons. The molecule has 1 nitrogen and oxygen atoms in total. The highest BCUT2D eigenvalue weighted by atomic mass is 19.1. The molecule has 0 aliphatic carbocycles. The summed E-state index contributed by atoms with van der Waals surface area (Å²) in [5.41, 5.74) is 4.45. The maximum absolute atomic E-state index is 13.4. The zero-order valence-electron chi connectivity index (χ0n) is 13.1. The monoisotopic (exact) mass is 285 g/mol. The zero-order valence-corrected chi connectivity index (χ0v) is 13.1. The van der Waals surface area contributed by atoms with E-state index in [-0.39, 0.29) is 5.82 Å². The van der Waals surface area contributed by atoms with Gasteiger partial charge < -0.3 is 5.32 Å². The molecule has 112 valence electrons. The molecule has 2 aromatic rings. The van der Waals surface area contributed by atoms with E-state index in [0.29, 0.717) is 6.04 Å². The fraction of sp³-hybridized carbons (Fsp3) is 0.368. The molecule has 2 rings (SSSR count). The molecule has 0 aromatic heterocycles. The van der Waals surface area contributed by atoms with Crippen molar-refractivity contribution in [1.82, 2.24) is 5.32 Å². The van der Waals surface area contributed by atoms with Crippen molar-refractivity contribution < 1.29 is 4.39 Å². The second kappa shape index (κ2) is 7.37. The third kappa shape index (κ3) is 4.40. The smallest absolute Gasteiger partial charge is 0.123 e. The van der Waals surface area contributed by atoms with Gasteiger partial charge >= 0.3 is 0 Å². The predicted octanol–water partition coefficient (Wildman–Crippen LogP) is 4.73. The van der Waals surface area contributed by atoms with Gasteiger partial charge in [-0.2, -0.15) is 0 Å². The topological polar surface area (TPSA) is 12.0 Å². The van der Waals surface area contributed by atoms with Crippen molar-refractivity contribution in [2.45, 2.75) is 39.7 Å². The molecular weight excluding hydrogens is 261 g/mol. The van der Waals surface area contributed by atoms with Crippen molar-refractivity contribution in [3.05, 3.63) is 59.4 Å². The van der Waals surface area contributed by atoms with Gasteiger partial charge in [-0.15, -0.1) is 0 Å². The van der Waals surface area contributed by atoms with Crippen LogP contribution in [0, 0.1) is 12.7 Å². The largest absolute Gasteiger partial charge is 0.314 e. The molecule has 2 heteroatoms. The molecule has 1 unspecified atom stereocenters. The Morgan fingerprint density at radius 3 is 2.48 bits per heavy atom. The van der Waals surface area contributed by atoms with E-state index in [4.69, 9.17) is 0 Å². The molecule has 0 saturated carbocycles. The zero-order chi connectivity index (χ0) is 15.2. The highest BCUT2D eigenvalue weighted by Crippen LogP contribution is 2.24. The van der Waals surface area contributed by atoms with Crippen LogP contribution in [0.5, 0.6) is 0 Å². The van der Waals surface area contributed by atoms with Gasteiger partial charge in [0.15, 0.2) is 0 Å². The van der Waals surface area contributed by atoms with E-state index in [1.54, 1.807) is 6.07 Å². The van der Waals surface area contributed by atoms with Crippen LogP contribution in [0.25, 0.3) is 11.1 Å². The molecule has 1 atom stereocenters. The lowest BCUT2D eigenvalue weighted by Gasteiger charge is -2.14. The van der Waals surface area contributed by atoms with E-state index in [9.17, 15) is 4.39 Å². The van der Waals surface area contributed by atoms with Crippen LogP contribution in [0.15, 0.2) is 42.5 Å². The van der Waals surface area contributed by atoms with Gasteiger partial charge in [0.05, 0.1) is 0 Å². The van der Waals surface area contributed by atoms with Crippen molar-refractivity contribution in [1.29, 1.82) is 0 Å². The molecular formula is C19H24FN. The Morgan fingerprint density at radius 2 is 1.81 bits per heavy atom. The van der Waals surface area contributed by atoms with Gasteiger partial charge in [0.2, 0.25) is 0 Å². The Balaban J connectivity index is 2.10. The third-order valence-electron chi connectivity index (χ3n) is 3.75. The van der Waals surface area contributed by atoms with Crippen LogP contribution in [0.3, 0.4) is 0 Å². The summed E-state index contributed by atoms with van der Waals surface area (Å²) in [4.78, 5) is 0. The normalized spacial score (nSPS) is 12.4. The minimum absolute atomic E-state index is 0.183. The highest BCUT2D eigenvalue weighted by molar-refractivity contribution is 5.67. The maximum atomic E-state index is 13.4. The van der Waals surface area contributed by atoms with Crippen LogP contribution in [0.2, 0.25) is 0 Å². The molecule has 21 heavy (non-hydrogen) atoms. The van der Waals surface area contributed by atoms with Gasteiger partial charge in [-0.05, 0) is 67.6 Å². The van der Waals surface area contributed by atoms with Crippen molar-refractivity contribution in [3.63, 3.8) is 0 Å². The summed E-state index contributed by atoms with van der Waals surface area (Å²) in [5.74, 6) is -0.183. The van der Waals surface area contributed by atoms with Crippen LogP contribution in [0.1, 0.15) is 31.4 Å². The molecule has 0 aliphatic heterocycles. The standard InChI is InChI=1S/C19H24FN/c1-4-11-21-15(3)12-16-6-8-17(9-7-16)19-13-18(20)10-5-14(19)2/h5-10,13,15,21H,4,11-12H2,1-3H3. The fourth-order valence-electron chi connectivity index (χ4n) is 2.54. The number of hydrogen-bond donors (Lipinski definition) is 1. The molecule has 0 aliphatic rings. The molecule has 0 bridgehead atoms. The molecule has 0 fully saturated rings. The first-order chi connectivity index (χ1) is 10.1. The van der Waals surface area contributed by atoms with Crippen LogP contribution < -0.4 is 5.32 Å². The molecule has 0 spiro atoms. The summed E-state index contributed by atoms with van der Waals surface area (Å²) in [7, 11) is 0. The number of hydrogen-bond acceptors (Lipinski definition) is 1. The van der Waals surface area contributed by atoms with Gasteiger partial charge in [0.25, 0.3) is 0 Å². The SMILES string of the molecule is CCCNC(C)Cc1ccc(-c2cc(F)ccc2C)cc1. The van der Waals surface area contributed by atoms with E-state index in [2.05, 4.69) is 43.4 Å². The summed E-state index contributed by atoms with van der Waals surface area (Å²) in [6, 6.07) is 13.9. The molecule has 2 aromatic carbocycles. The van der Waals surface area contributed by atoms with Gasteiger partial charge in [-0.3, -0.25) is 0 Å². The fourth-order valence-corrected chi connectivity index (χ4v) is 2.54. The Hall–Kier alpha value is -1.67. The highest BCUT2D eigenvalue weighted by Gasteiger charge is 2.06. The molecule has 1 N–H and O–H groups in total. The lowest BCUT2D eigenvalue weighted by Crippen LogP contribution is -2.28. The van der Waals surface area contributed by atoms with Crippen LogP contribution in [-0.4, -0.2) is 12.6 Å². The Labute approximate surface area is 127 Å². The summed E-state index contributed by atoms with van der Waals surface area (Å²) < 4.78 is 13.4. The maximum Gasteiger partial charge on any atom is 0.123 e. The number of rotatable bonds is 6. The van der Waals surface area contributed by atoms with E-state index >= 15 is 0 Å². The summed E-state index contributed by atoms with van der Waals surface area (Å²) in [6.07, 6.45) is 2.17. The number of halogens is 1. The van der Waals surface area contributed by atoms with Crippen LogP contribution in [-0.2, 0) is 6.42 Å². The lowest BCUT2D eigenvalue weighted by molar-refractivity contribution is 0.543. The number of benzene rings is 2. The summed E-state index contributed by atoms with van der Waals surface area (Å²) in [6.45, 7) is 7.46. The third-order valence-corrected chi connectivity index (χ3v) is 3.75. The van der Waals surface area contributed by atoms with Crippen molar-refractivity contribution in [3.8, 4) is 11.1 Å². The summed E-state index contributed by atoms with van der Waals surface area (Å²) >= 11 is 0. The molecule has 0 amide bonds. The average Bonchev–Trinajstić information content (AvgIpc) is 2.48. The van der Waals surface area contributed by atoms with E-state index in [0.717, 1.165) is 36.1 Å². The second-order valence-corrected chi connectivity index (χ2v) is 5.72. The Kier molecular flexibility index (Phi) is 5.51. The van der Waals surface area contributed by atoms with Gasteiger partial charge in [0.1, 0.15) is 5.82 Å². The summed E-state index contributed by atoms with van der Waals surface area (Å²) in [5, 5.41) is 3.49. The first-order valence-electron chi connectivity index (χ1n) is 7.69. The average molecular weight is 285 g/mol. The first-order valence-corrected chi connectivity index (χ1v) is 7.69. The van der Waals surface area contributed by atoms with Crippen molar-refractivity contribution in [2.75, 3.05) is 6.54 Å². The van der Waals surface area contributed by atoms with E-state index in [1.165, 1.54) is 11.6 Å². The second-order valence-electron chi connectivity index (χ2n) is 5.72. The Bertz CT molecular complexity index is 575. The predicted molar refractivity (Wildman–Crippen MR) is 88.0 cm³/mol. The minimum Gasteiger partial charge on any atom is -0.314 e. The van der Waals surface area contributed by atoms with E-state index < -0.39 is 0 Å². The Morgan fingerprint density at radius 1 is 1.10 bits per heavy atom. The lowest BCUT2D eigenvalue weighted by atomic mass is 9.98. The number of aryl methyl sites for hydroxylation is 1. The van der Waals surface area contributed by atoms with Gasteiger partial charge in [0, 0.05) is 6.04 Å². The van der Waals surface area contributed by atoms with E-state index in [1.807, 2.05) is 13.0 Å². The number of nitrogens with one attached hydrogen (secondary N) is 1. The van der Waals surface area contributed by atoms with Crippen molar-refractivity contribution >= 4 is 0 Å². The minimum atomic E-state index is -0.183. The van der Waals surface area contributed by atoms with Gasteiger partial charge in [-0.25, -0.2) is 4.39 Å². The van der Waals surface area contributed by atoms with Crippen LogP contribution in [0.4, 0.5) is 4.39 Å². The van der Waals surface area contributed by atoms with Crippen LogP contribution >= 0.6 is 0 Å². The molecule has 0 saturated heterocycles.